The van der Waals surface area contributed by atoms with Gasteiger partial charge in [-0.15, -0.1) is 11.8 Å². The summed E-state index contributed by atoms with van der Waals surface area (Å²) in [7, 11) is 3.11. The molecule has 4 nitrogen and oxygen atoms in total. The Hall–Kier alpha value is -2.28. The monoisotopic (exact) mass is 365 g/mol. The number of hydrogen-bond donors (Lipinski definition) is 0. The van der Waals surface area contributed by atoms with E-state index in [0.29, 0.717) is 22.8 Å². The molecule has 0 N–H and O–H groups in total. The molecule has 0 aliphatic carbocycles. The number of nitrogens with zero attached hydrogens (tertiary/aromatic N) is 1. The summed E-state index contributed by atoms with van der Waals surface area (Å²) >= 11 is 1.45. The third-order valence-corrected chi connectivity index (χ3v) is 5.24. The predicted octanol–water partition coefficient (Wildman–Crippen LogP) is 3.76. The predicted molar refractivity (Wildman–Crippen MR) is 91.7 cm³/mol. The smallest absolute Gasteiger partial charge is 0.234 e. The molecular formula is C18H17F2NO3S. The van der Waals surface area contributed by atoms with Gasteiger partial charge < -0.3 is 14.4 Å². The number of hydrogen-bond acceptors (Lipinski definition) is 4. The van der Waals surface area contributed by atoms with Gasteiger partial charge in [0.15, 0.2) is 11.6 Å². The molecule has 1 unspecified atom stereocenters. The van der Waals surface area contributed by atoms with Gasteiger partial charge in [0, 0.05) is 6.54 Å². The Morgan fingerprint density at radius 1 is 1.12 bits per heavy atom. The highest BCUT2D eigenvalue weighted by Crippen LogP contribution is 2.47. The summed E-state index contributed by atoms with van der Waals surface area (Å²) in [6.07, 6.45) is 0. The molecule has 7 heteroatoms. The number of carbonyl (C=O) groups excluding carboxylic acids is 1. The maximum absolute atomic E-state index is 13.5. The van der Waals surface area contributed by atoms with Crippen LogP contribution in [0.25, 0.3) is 0 Å². The summed E-state index contributed by atoms with van der Waals surface area (Å²) in [5.74, 6) is -0.386. The van der Waals surface area contributed by atoms with Gasteiger partial charge in [-0.25, -0.2) is 8.78 Å². The zero-order valence-corrected chi connectivity index (χ0v) is 14.6. The lowest BCUT2D eigenvalue weighted by molar-refractivity contribution is -0.128. The molecule has 0 radical (unpaired) electrons. The number of amides is 1. The third-order valence-electron chi connectivity index (χ3n) is 4.02. The maximum Gasteiger partial charge on any atom is 0.234 e. The Kier molecular flexibility index (Phi) is 5.13. The molecule has 1 heterocycles. The summed E-state index contributed by atoms with van der Waals surface area (Å²) in [5.41, 5.74) is 1.28. The lowest BCUT2D eigenvalue weighted by atomic mass is 10.1. The van der Waals surface area contributed by atoms with Gasteiger partial charge >= 0.3 is 0 Å². The van der Waals surface area contributed by atoms with Crippen molar-refractivity contribution in [2.75, 3.05) is 20.0 Å². The van der Waals surface area contributed by atoms with Crippen LogP contribution in [0.1, 0.15) is 16.5 Å². The standard InChI is InChI=1S/C18H17F2NO3S/c1-23-14-4-3-5-15(24-2)17(14)18-21(16(22)10-25-18)9-11-6-7-12(19)13(20)8-11/h3-8,18H,9-10H2,1-2H3. The fourth-order valence-electron chi connectivity index (χ4n) is 2.82. The molecule has 2 aromatic carbocycles. The van der Waals surface area contributed by atoms with E-state index in [9.17, 15) is 13.6 Å². The molecule has 0 saturated carbocycles. The number of benzene rings is 2. The third kappa shape index (κ3) is 3.42. The molecule has 1 aliphatic rings. The van der Waals surface area contributed by atoms with E-state index in [1.165, 1.54) is 17.8 Å². The molecule has 1 amide bonds. The molecule has 2 aromatic rings. The Morgan fingerprint density at radius 3 is 2.40 bits per heavy atom. The van der Waals surface area contributed by atoms with Gasteiger partial charge in [-0.1, -0.05) is 12.1 Å². The first-order chi connectivity index (χ1) is 12.0. The van der Waals surface area contributed by atoms with Gasteiger partial charge in [0.25, 0.3) is 0 Å². The normalized spacial score (nSPS) is 17.0. The molecule has 1 aliphatic heterocycles. The molecule has 132 valence electrons. The van der Waals surface area contributed by atoms with Crippen molar-refractivity contribution in [3.05, 3.63) is 59.2 Å². The topological polar surface area (TPSA) is 38.8 Å². The van der Waals surface area contributed by atoms with Gasteiger partial charge in [0.05, 0.1) is 25.5 Å². The number of methoxy groups -OCH3 is 2. The Bertz CT molecular complexity index is 778. The number of halogens is 2. The van der Waals surface area contributed by atoms with E-state index in [0.717, 1.165) is 17.7 Å². The lowest BCUT2D eigenvalue weighted by Gasteiger charge is -2.27. The average molecular weight is 365 g/mol. The second-order valence-corrected chi connectivity index (χ2v) is 6.58. The van der Waals surface area contributed by atoms with Gasteiger partial charge in [0.2, 0.25) is 5.91 Å². The Balaban J connectivity index is 1.96. The number of rotatable bonds is 5. The highest BCUT2D eigenvalue weighted by atomic mass is 32.2. The van der Waals surface area contributed by atoms with Crippen LogP contribution in [0, 0.1) is 11.6 Å². The van der Waals surface area contributed by atoms with E-state index in [-0.39, 0.29) is 17.8 Å². The fourth-order valence-corrected chi connectivity index (χ4v) is 4.06. The van der Waals surface area contributed by atoms with Crippen LogP contribution in [0.15, 0.2) is 36.4 Å². The highest BCUT2D eigenvalue weighted by Gasteiger charge is 2.36. The quantitative estimate of drug-likeness (QED) is 0.809. The van der Waals surface area contributed by atoms with E-state index in [4.69, 9.17) is 9.47 Å². The van der Waals surface area contributed by atoms with Gasteiger partial charge in [-0.2, -0.15) is 0 Å². The molecule has 1 atom stereocenters. The summed E-state index contributed by atoms with van der Waals surface area (Å²) in [4.78, 5) is 14.0. The lowest BCUT2D eigenvalue weighted by Crippen LogP contribution is -2.28. The Labute approximate surface area is 148 Å². The first-order valence-electron chi connectivity index (χ1n) is 7.61. The minimum absolute atomic E-state index is 0.0762. The van der Waals surface area contributed by atoms with Crippen LogP contribution in [0.3, 0.4) is 0 Å². The van der Waals surface area contributed by atoms with Gasteiger partial charge in [-0.3, -0.25) is 4.79 Å². The van der Waals surface area contributed by atoms with E-state index >= 15 is 0 Å². The SMILES string of the molecule is COc1cccc(OC)c1C1SCC(=O)N1Cc1ccc(F)c(F)c1. The molecular weight excluding hydrogens is 348 g/mol. The fraction of sp³-hybridized carbons (Fsp3) is 0.278. The average Bonchev–Trinajstić information content (AvgIpc) is 2.97. The van der Waals surface area contributed by atoms with Crippen LogP contribution < -0.4 is 9.47 Å². The summed E-state index contributed by atoms with van der Waals surface area (Å²) < 4.78 is 37.5. The van der Waals surface area contributed by atoms with Gasteiger partial charge in [-0.05, 0) is 29.8 Å². The van der Waals surface area contributed by atoms with Crippen molar-refractivity contribution < 1.29 is 23.0 Å². The molecule has 3 rings (SSSR count). The first-order valence-corrected chi connectivity index (χ1v) is 8.66. The van der Waals surface area contributed by atoms with Crippen molar-refractivity contribution in [2.45, 2.75) is 11.9 Å². The van der Waals surface area contributed by atoms with E-state index in [2.05, 4.69) is 0 Å². The summed E-state index contributed by atoms with van der Waals surface area (Å²) in [6, 6.07) is 9.07. The van der Waals surface area contributed by atoms with Crippen molar-refractivity contribution in [3.8, 4) is 11.5 Å². The number of thioether (sulfide) groups is 1. The number of ether oxygens (including phenoxy) is 2. The molecule has 25 heavy (non-hydrogen) atoms. The second-order valence-electron chi connectivity index (χ2n) is 5.51. The van der Waals surface area contributed by atoms with Crippen LogP contribution in [0.2, 0.25) is 0 Å². The van der Waals surface area contributed by atoms with Crippen LogP contribution in [0.5, 0.6) is 11.5 Å². The highest BCUT2D eigenvalue weighted by molar-refractivity contribution is 8.00. The molecule has 1 saturated heterocycles. The van der Waals surface area contributed by atoms with E-state index in [1.807, 2.05) is 6.07 Å². The van der Waals surface area contributed by atoms with Crippen LogP contribution >= 0.6 is 11.8 Å². The molecule has 0 spiro atoms. The summed E-state index contributed by atoms with van der Waals surface area (Å²) in [6.45, 7) is 0.175. The zero-order valence-electron chi connectivity index (χ0n) is 13.8. The van der Waals surface area contributed by atoms with Crippen molar-refractivity contribution >= 4 is 17.7 Å². The molecule has 0 aromatic heterocycles. The largest absolute Gasteiger partial charge is 0.496 e. The minimum atomic E-state index is -0.928. The number of carbonyl (C=O) groups is 1. The van der Waals surface area contributed by atoms with E-state index < -0.39 is 11.6 Å². The van der Waals surface area contributed by atoms with Crippen LogP contribution in [-0.2, 0) is 11.3 Å². The van der Waals surface area contributed by atoms with Crippen molar-refractivity contribution in [3.63, 3.8) is 0 Å². The second kappa shape index (κ2) is 7.31. The Morgan fingerprint density at radius 2 is 1.80 bits per heavy atom. The van der Waals surface area contributed by atoms with Gasteiger partial charge in [0.1, 0.15) is 16.9 Å². The first kappa shape index (κ1) is 17.5. The van der Waals surface area contributed by atoms with Crippen LogP contribution in [-0.4, -0.2) is 30.8 Å². The van der Waals surface area contributed by atoms with Crippen LogP contribution in [0.4, 0.5) is 8.78 Å². The zero-order chi connectivity index (χ0) is 18.0. The minimum Gasteiger partial charge on any atom is -0.496 e. The van der Waals surface area contributed by atoms with Crippen molar-refractivity contribution in [1.29, 1.82) is 0 Å². The molecule has 0 bridgehead atoms. The summed E-state index contributed by atoms with van der Waals surface area (Å²) in [5, 5.41) is -0.327. The van der Waals surface area contributed by atoms with Crippen molar-refractivity contribution in [2.24, 2.45) is 0 Å². The molecule has 1 fully saturated rings. The maximum atomic E-state index is 13.5. The van der Waals surface area contributed by atoms with E-state index in [1.54, 1.807) is 31.3 Å². The van der Waals surface area contributed by atoms with Crippen molar-refractivity contribution in [1.82, 2.24) is 4.90 Å².